The zero-order valence-electron chi connectivity index (χ0n) is 8.82. The highest BCUT2D eigenvalue weighted by Gasteiger charge is 2.38. The summed E-state index contributed by atoms with van der Waals surface area (Å²) in [5.41, 5.74) is -0.0204. The molecule has 1 fully saturated rings. The molecule has 1 aliphatic heterocycles. The van der Waals surface area contributed by atoms with E-state index in [4.69, 9.17) is 0 Å². The summed E-state index contributed by atoms with van der Waals surface area (Å²) in [5, 5.41) is 19.1. The Bertz CT molecular complexity index is 170. The number of β-amino-alcohol motifs (C(OH)–C–C–N with tert-alkyl or cyclic N) is 2. The van der Waals surface area contributed by atoms with E-state index in [1.165, 1.54) is 0 Å². The molecule has 0 aliphatic carbocycles. The SMILES string of the molecule is CCC(O)CN1CC(O)C(C)(C)C1. The highest BCUT2D eigenvalue weighted by atomic mass is 16.3. The summed E-state index contributed by atoms with van der Waals surface area (Å²) in [4.78, 5) is 2.14. The molecule has 0 radical (unpaired) electrons. The van der Waals surface area contributed by atoms with Gasteiger partial charge in [-0.15, -0.1) is 0 Å². The Morgan fingerprint density at radius 3 is 2.54 bits per heavy atom. The van der Waals surface area contributed by atoms with Crippen LogP contribution in [0.25, 0.3) is 0 Å². The molecule has 1 rings (SSSR count). The van der Waals surface area contributed by atoms with E-state index in [0.717, 1.165) is 13.0 Å². The van der Waals surface area contributed by atoms with Crippen LogP contribution in [-0.4, -0.2) is 47.0 Å². The van der Waals surface area contributed by atoms with Crippen LogP contribution in [0.5, 0.6) is 0 Å². The van der Waals surface area contributed by atoms with Crippen LogP contribution in [0, 0.1) is 5.41 Å². The van der Waals surface area contributed by atoms with Crippen molar-refractivity contribution < 1.29 is 10.2 Å². The Morgan fingerprint density at radius 1 is 1.54 bits per heavy atom. The second kappa shape index (κ2) is 3.95. The number of aliphatic hydroxyl groups is 2. The lowest BCUT2D eigenvalue weighted by Gasteiger charge is -2.22. The van der Waals surface area contributed by atoms with Crippen molar-refractivity contribution in [2.45, 2.75) is 39.4 Å². The van der Waals surface area contributed by atoms with E-state index >= 15 is 0 Å². The van der Waals surface area contributed by atoms with E-state index < -0.39 is 0 Å². The molecular weight excluding hydrogens is 166 g/mol. The highest BCUT2D eigenvalue weighted by molar-refractivity contribution is 4.91. The number of aliphatic hydroxyl groups excluding tert-OH is 2. The highest BCUT2D eigenvalue weighted by Crippen LogP contribution is 2.29. The molecule has 13 heavy (non-hydrogen) atoms. The Balaban J connectivity index is 2.40. The topological polar surface area (TPSA) is 43.7 Å². The maximum absolute atomic E-state index is 9.69. The Hall–Kier alpha value is -0.120. The summed E-state index contributed by atoms with van der Waals surface area (Å²) in [6.45, 7) is 8.38. The van der Waals surface area contributed by atoms with E-state index in [2.05, 4.69) is 18.7 Å². The van der Waals surface area contributed by atoms with Crippen LogP contribution < -0.4 is 0 Å². The molecule has 78 valence electrons. The van der Waals surface area contributed by atoms with E-state index in [-0.39, 0.29) is 17.6 Å². The largest absolute Gasteiger partial charge is 0.392 e. The van der Waals surface area contributed by atoms with Crippen LogP contribution in [0.15, 0.2) is 0 Å². The molecule has 1 aliphatic rings. The summed E-state index contributed by atoms with van der Waals surface area (Å²) in [6.07, 6.45) is 0.283. The Labute approximate surface area is 80.4 Å². The number of hydrogen-bond donors (Lipinski definition) is 2. The van der Waals surface area contributed by atoms with Gasteiger partial charge < -0.3 is 10.2 Å². The van der Waals surface area contributed by atoms with Gasteiger partial charge in [-0.1, -0.05) is 20.8 Å². The molecule has 0 aromatic carbocycles. The molecule has 2 N–H and O–H groups in total. The second-order valence-electron chi connectivity index (χ2n) is 4.76. The Morgan fingerprint density at radius 2 is 2.15 bits per heavy atom. The minimum absolute atomic E-state index is 0.0204. The van der Waals surface area contributed by atoms with Gasteiger partial charge in [-0.3, -0.25) is 4.90 Å². The van der Waals surface area contributed by atoms with Crippen LogP contribution in [0.3, 0.4) is 0 Å². The molecule has 3 nitrogen and oxygen atoms in total. The number of nitrogens with zero attached hydrogens (tertiary/aromatic N) is 1. The normalized spacial score (nSPS) is 30.7. The molecular formula is C10H21NO2. The van der Waals surface area contributed by atoms with Crippen LogP contribution in [0.2, 0.25) is 0 Å². The van der Waals surface area contributed by atoms with Gasteiger partial charge in [0.2, 0.25) is 0 Å². The molecule has 0 aromatic rings. The number of rotatable bonds is 3. The van der Waals surface area contributed by atoms with Crippen molar-refractivity contribution in [1.29, 1.82) is 0 Å². The third kappa shape index (κ3) is 2.66. The van der Waals surface area contributed by atoms with Gasteiger partial charge in [0.25, 0.3) is 0 Å². The first kappa shape index (κ1) is 11.0. The third-order valence-corrected chi connectivity index (χ3v) is 2.90. The first-order chi connectivity index (χ1) is 5.95. The predicted molar refractivity (Wildman–Crippen MR) is 52.5 cm³/mol. The average Bonchev–Trinajstić information content (AvgIpc) is 2.25. The molecule has 3 heteroatoms. The molecule has 0 bridgehead atoms. The monoisotopic (exact) mass is 187 g/mol. The number of hydrogen-bond acceptors (Lipinski definition) is 3. The van der Waals surface area contributed by atoms with Crippen LogP contribution >= 0.6 is 0 Å². The summed E-state index contributed by atoms with van der Waals surface area (Å²) in [7, 11) is 0. The van der Waals surface area contributed by atoms with E-state index in [1.807, 2.05) is 6.92 Å². The third-order valence-electron chi connectivity index (χ3n) is 2.90. The van der Waals surface area contributed by atoms with Crippen molar-refractivity contribution in [3.05, 3.63) is 0 Å². The maximum atomic E-state index is 9.69. The number of likely N-dealkylation sites (tertiary alicyclic amines) is 1. The molecule has 2 unspecified atom stereocenters. The van der Waals surface area contributed by atoms with Crippen molar-refractivity contribution in [2.24, 2.45) is 5.41 Å². The van der Waals surface area contributed by atoms with Crippen LogP contribution in [-0.2, 0) is 0 Å². The minimum atomic E-state index is -0.253. The van der Waals surface area contributed by atoms with Gasteiger partial charge in [-0.05, 0) is 6.42 Å². The van der Waals surface area contributed by atoms with Crippen molar-refractivity contribution in [3.8, 4) is 0 Å². The lowest BCUT2D eigenvalue weighted by molar-refractivity contribution is 0.0932. The predicted octanol–water partition coefficient (Wildman–Crippen LogP) is 0.460. The van der Waals surface area contributed by atoms with Gasteiger partial charge in [0, 0.05) is 25.0 Å². The zero-order valence-corrected chi connectivity index (χ0v) is 8.82. The molecule has 0 saturated carbocycles. The smallest absolute Gasteiger partial charge is 0.0730 e. The molecule has 0 spiro atoms. The van der Waals surface area contributed by atoms with E-state index in [9.17, 15) is 10.2 Å². The molecule has 0 amide bonds. The van der Waals surface area contributed by atoms with Crippen molar-refractivity contribution in [1.82, 2.24) is 4.90 Å². The molecule has 0 aromatic heterocycles. The van der Waals surface area contributed by atoms with Crippen molar-refractivity contribution in [2.75, 3.05) is 19.6 Å². The van der Waals surface area contributed by atoms with Crippen molar-refractivity contribution in [3.63, 3.8) is 0 Å². The Kier molecular flexibility index (Phi) is 3.33. The lowest BCUT2D eigenvalue weighted by Crippen LogP contribution is -2.31. The lowest BCUT2D eigenvalue weighted by atomic mass is 9.90. The molecule has 1 heterocycles. The van der Waals surface area contributed by atoms with Gasteiger partial charge in [0.1, 0.15) is 0 Å². The van der Waals surface area contributed by atoms with Gasteiger partial charge in [0.15, 0.2) is 0 Å². The maximum Gasteiger partial charge on any atom is 0.0730 e. The standard InChI is InChI=1S/C10H21NO2/c1-4-8(12)5-11-6-9(13)10(2,3)7-11/h8-9,12-13H,4-7H2,1-3H3. The van der Waals surface area contributed by atoms with Gasteiger partial charge >= 0.3 is 0 Å². The first-order valence-corrected chi connectivity index (χ1v) is 5.04. The first-order valence-electron chi connectivity index (χ1n) is 5.04. The second-order valence-corrected chi connectivity index (χ2v) is 4.76. The van der Waals surface area contributed by atoms with Crippen molar-refractivity contribution >= 4 is 0 Å². The van der Waals surface area contributed by atoms with Gasteiger partial charge in [-0.25, -0.2) is 0 Å². The van der Waals surface area contributed by atoms with Gasteiger partial charge in [-0.2, -0.15) is 0 Å². The summed E-state index contributed by atoms with van der Waals surface area (Å²) in [5.74, 6) is 0. The van der Waals surface area contributed by atoms with E-state index in [1.54, 1.807) is 0 Å². The van der Waals surface area contributed by atoms with Gasteiger partial charge in [0.05, 0.1) is 12.2 Å². The van der Waals surface area contributed by atoms with E-state index in [0.29, 0.717) is 13.1 Å². The summed E-state index contributed by atoms with van der Waals surface area (Å²) in [6, 6.07) is 0. The molecule has 2 atom stereocenters. The van der Waals surface area contributed by atoms with Crippen LogP contribution in [0.4, 0.5) is 0 Å². The fourth-order valence-electron chi connectivity index (χ4n) is 1.80. The fraction of sp³-hybridized carbons (Fsp3) is 1.00. The average molecular weight is 187 g/mol. The summed E-state index contributed by atoms with van der Waals surface area (Å²) >= 11 is 0. The zero-order chi connectivity index (χ0) is 10.1. The summed E-state index contributed by atoms with van der Waals surface area (Å²) < 4.78 is 0. The minimum Gasteiger partial charge on any atom is -0.392 e. The van der Waals surface area contributed by atoms with Crippen LogP contribution in [0.1, 0.15) is 27.2 Å². The quantitative estimate of drug-likeness (QED) is 0.674. The fourth-order valence-corrected chi connectivity index (χ4v) is 1.80. The molecule has 1 saturated heterocycles.